The second-order valence-electron chi connectivity index (χ2n) is 7.14. The van der Waals surface area contributed by atoms with E-state index in [0.717, 1.165) is 11.3 Å². The molecule has 4 rings (SSSR count). The van der Waals surface area contributed by atoms with E-state index >= 15 is 0 Å². The van der Waals surface area contributed by atoms with E-state index in [4.69, 9.17) is 4.74 Å². The summed E-state index contributed by atoms with van der Waals surface area (Å²) >= 11 is 1.52. The number of phenols is 1. The molecule has 0 aliphatic carbocycles. The Balaban J connectivity index is 1.77. The lowest BCUT2D eigenvalue weighted by molar-refractivity contribution is -0.113. The highest BCUT2D eigenvalue weighted by atomic mass is 32.2. The summed E-state index contributed by atoms with van der Waals surface area (Å²) in [5, 5.41) is 21.6. The van der Waals surface area contributed by atoms with E-state index in [-0.39, 0.29) is 11.7 Å². The third-order valence-electron chi connectivity index (χ3n) is 4.97. The fraction of sp³-hybridized carbons (Fsp3) is 0.261. The SMILES string of the molecule is CCOc1ccccc1NC(=O)C1=C(C)Nc2nc(SCC)nn2C1c1cccc(O)c1. The van der Waals surface area contributed by atoms with E-state index in [1.807, 2.05) is 45.0 Å². The molecule has 1 amide bonds. The number of allylic oxidation sites excluding steroid dienone is 1. The van der Waals surface area contributed by atoms with Crippen molar-refractivity contribution in [2.75, 3.05) is 23.0 Å². The van der Waals surface area contributed by atoms with Crippen molar-refractivity contribution in [2.45, 2.75) is 32.0 Å². The Labute approximate surface area is 190 Å². The number of carbonyl (C=O) groups excluding carboxylic acids is 1. The number of aromatic nitrogens is 3. The topological polar surface area (TPSA) is 101 Å². The predicted molar refractivity (Wildman–Crippen MR) is 125 cm³/mol. The van der Waals surface area contributed by atoms with Gasteiger partial charge in [0.2, 0.25) is 11.1 Å². The average molecular weight is 452 g/mol. The number of ether oxygens (including phenoxy) is 1. The van der Waals surface area contributed by atoms with Crippen LogP contribution in [0.25, 0.3) is 0 Å². The zero-order valence-electron chi connectivity index (χ0n) is 18.1. The highest BCUT2D eigenvalue weighted by Gasteiger charge is 2.34. The average Bonchev–Trinajstić information content (AvgIpc) is 3.16. The number of nitrogens with one attached hydrogen (secondary N) is 2. The molecule has 3 N–H and O–H groups in total. The smallest absolute Gasteiger partial charge is 0.255 e. The summed E-state index contributed by atoms with van der Waals surface area (Å²) in [4.78, 5) is 18.1. The van der Waals surface area contributed by atoms with Gasteiger partial charge < -0.3 is 20.5 Å². The van der Waals surface area contributed by atoms with Crippen molar-refractivity contribution in [3.63, 3.8) is 0 Å². The maximum absolute atomic E-state index is 13.6. The van der Waals surface area contributed by atoms with Crippen LogP contribution in [0.2, 0.25) is 0 Å². The second kappa shape index (κ2) is 9.35. The Morgan fingerprint density at radius 1 is 1.25 bits per heavy atom. The van der Waals surface area contributed by atoms with E-state index in [1.165, 1.54) is 11.8 Å². The van der Waals surface area contributed by atoms with Gasteiger partial charge in [0, 0.05) is 5.70 Å². The second-order valence-corrected chi connectivity index (χ2v) is 8.37. The van der Waals surface area contributed by atoms with E-state index in [0.29, 0.717) is 40.4 Å². The van der Waals surface area contributed by atoms with Gasteiger partial charge in [-0.3, -0.25) is 4.79 Å². The Bertz CT molecular complexity index is 1170. The number of aromatic hydroxyl groups is 1. The Kier molecular flexibility index (Phi) is 6.36. The molecule has 0 radical (unpaired) electrons. The van der Waals surface area contributed by atoms with E-state index in [1.54, 1.807) is 28.9 Å². The van der Waals surface area contributed by atoms with Crippen LogP contribution in [0.4, 0.5) is 11.6 Å². The van der Waals surface area contributed by atoms with Crippen molar-refractivity contribution in [1.29, 1.82) is 0 Å². The minimum absolute atomic E-state index is 0.116. The number of para-hydroxylation sites is 2. The van der Waals surface area contributed by atoms with Gasteiger partial charge in [-0.15, -0.1) is 5.10 Å². The summed E-state index contributed by atoms with van der Waals surface area (Å²) in [6.07, 6.45) is 0. The van der Waals surface area contributed by atoms with Gasteiger partial charge in [-0.05, 0) is 49.4 Å². The molecule has 0 fully saturated rings. The van der Waals surface area contributed by atoms with Gasteiger partial charge in [-0.1, -0.05) is 43.0 Å². The molecule has 0 saturated heterocycles. The molecule has 1 unspecified atom stereocenters. The number of anilines is 2. The van der Waals surface area contributed by atoms with Crippen molar-refractivity contribution in [2.24, 2.45) is 0 Å². The lowest BCUT2D eigenvalue weighted by atomic mass is 9.95. The van der Waals surface area contributed by atoms with Crippen LogP contribution < -0.4 is 15.4 Å². The fourth-order valence-corrected chi connectivity index (χ4v) is 4.21. The van der Waals surface area contributed by atoms with Gasteiger partial charge in [0.25, 0.3) is 5.91 Å². The van der Waals surface area contributed by atoms with Crippen LogP contribution in [0.1, 0.15) is 32.4 Å². The minimum Gasteiger partial charge on any atom is -0.508 e. The Morgan fingerprint density at radius 2 is 2.06 bits per heavy atom. The number of phenolic OH excluding ortho intramolecular Hbond substituents is 1. The molecular formula is C23H25N5O3S. The first-order chi connectivity index (χ1) is 15.5. The van der Waals surface area contributed by atoms with E-state index in [9.17, 15) is 9.90 Å². The van der Waals surface area contributed by atoms with E-state index in [2.05, 4.69) is 20.7 Å². The van der Waals surface area contributed by atoms with Gasteiger partial charge >= 0.3 is 0 Å². The highest BCUT2D eigenvalue weighted by Crippen LogP contribution is 2.38. The molecule has 1 aliphatic rings. The zero-order valence-corrected chi connectivity index (χ0v) is 18.9. The monoisotopic (exact) mass is 451 g/mol. The first-order valence-electron chi connectivity index (χ1n) is 10.4. The number of hydrogen-bond donors (Lipinski definition) is 3. The molecule has 8 nitrogen and oxygen atoms in total. The molecule has 2 aromatic carbocycles. The number of thioether (sulfide) groups is 1. The summed E-state index contributed by atoms with van der Waals surface area (Å²) in [7, 11) is 0. The Hall–Kier alpha value is -3.46. The molecule has 3 aromatic rings. The lowest BCUT2D eigenvalue weighted by Crippen LogP contribution is -2.31. The third-order valence-corrected chi connectivity index (χ3v) is 5.69. The summed E-state index contributed by atoms with van der Waals surface area (Å²) in [5.74, 6) is 1.81. The normalized spacial score (nSPS) is 15.2. The molecule has 0 spiro atoms. The maximum Gasteiger partial charge on any atom is 0.255 e. The summed E-state index contributed by atoms with van der Waals surface area (Å²) < 4.78 is 7.35. The first kappa shape index (κ1) is 21.8. The van der Waals surface area contributed by atoms with E-state index < -0.39 is 6.04 Å². The van der Waals surface area contributed by atoms with Crippen LogP contribution in [0, 0.1) is 0 Å². The molecule has 0 saturated carbocycles. The number of rotatable bonds is 7. The number of fused-ring (bicyclic) bond motifs is 1. The third kappa shape index (κ3) is 4.29. The Morgan fingerprint density at radius 3 is 2.81 bits per heavy atom. The molecule has 1 aromatic heterocycles. The largest absolute Gasteiger partial charge is 0.508 e. The highest BCUT2D eigenvalue weighted by molar-refractivity contribution is 7.99. The summed E-state index contributed by atoms with van der Waals surface area (Å²) in [6, 6.07) is 13.6. The van der Waals surface area contributed by atoms with Crippen molar-refractivity contribution < 1.29 is 14.6 Å². The standard InChI is InChI=1S/C23H25N5O3S/c1-4-31-18-12-7-6-11-17(18)25-21(30)19-14(3)24-22-26-23(32-5-2)27-28(22)20(19)15-9-8-10-16(29)13-15/h6-13,20,29H,4-5H2,1-3H3,(H,25,30)(H,24,26,27). The van der Waals surface area contributed by atoms with Crippen LogP contribution in [-0.4, -0.2) is 38.1 Å². The van der Waals surface area contributed by atoms with Crippen LogP contribution in [-0.2, 0) is 4.79 Å². The predicted octanol–water partition coefficient (Wildman–Crippen LogP) is 4.42. The number of hydrogen-bond acceptors (Lipinski definition) is 7. The first-order valence-corrected chi connectivity index (χ1v) is 11.4. The molecule has 1 atom stereocenters. The molecule has 1 aliphatic heterocycles. The number of carbonyl (C=O) groups is 1. The molecule has 166 valence electrons. The lowest BCUT2D eigenvalue weighted by Gasteiger charge is -2.29. The zero-order chi connectivity index (χ0) is 22.7. The van der Waals surface area contributed by atoms with Crippen LogP contribution in [0.3, 0.4) is 0 Å². The molecule has 0 bridgehead atoms. The fourth-order valence-electron chi connectivity index (χ4n) is 3.66. The quantitative estimate of drug-likeness (QED) is 0.457. The number of benzene rings is 2. The maximum atomic E-state index is 13.6. The van der Waals surface area contributed by atoms with Crippen LogP contribution >= 0.6 is 11.8 Å². The molecular weight excluding hydrogens is 426 g/mol. The van der Waals surface area contributed by atoms with Gasteiger partial charge in [0.1, 0.15) is 17.5 Å². The minimum atomic E-state index is -0.559. The van der Waals surface area contributed by atoms with Crippen molar-refractivity contribution >= 4 is 29.3 Å². The molecule has 9 heteroatoms. The van der Waals surface area contributed by atoms with Gasteiger partial charge in [-0.25, -0.2) is 4.68 Å². The van der Waals surface area contributed by atoms with Crippen LogP contribution in [0.15, 0.2) is 65.0 Å². The van der Waals surface area contributed by atoms with Gasteiger partial charge in [-0.2, -0.15) is 4.98 Å². The summed E-state index contributed by atoms with van der Waals surface area (Å²) in [5.41, 5.74) is 2.46. The number of amides is 1. The van der Waals surface area contributed by atoms with Crippen molar-refractivity contribution in [1.82, 2.24) is 14.8 Å². The number of nitrogens with zero attached hydrogens (tertiary/aromatic N) is 3. The van der Waals surface area contributed by atoms with Crippen LogP contribution in [0.5, 0.6) is 11.5 Å². The molecule has 32 heavy (non-hydrogen) atoms. The van der Waals surface area contributed by atoms with Crippen molar-refractivity contribution in [3.8, 4) is 11.5 Å². The van der Waals surface area contributed by atoms with Gasteiger partial charge in [0.15, 0.2) is 0 Å². The van der Waals surface area contributed by atoms with Gasteiger partial charge in [0.05, 0.1) is 17.9 Å². The summed E-state index contributed by atoms with van der Waals surface area (Å²) in [6.45, 7) is 6.25. The molecule has 2 heterocycles. The van der Waals surface area contributed by atoms with Crippen molar-refractivity contribution in [3.05, 3.63) is 65.4 Å².